The summed E-state index contributed by atoms with van der Waals surface area (Å²) in [6.45, 7) is 4.99. The van der Waals surface area contributed by atoms with E-state index in [1.54, 1.807) is 7.05 Å². The molecule has 1 aromatic rings. The second-order valence-corrected chi connectivity index (χ2v) is 9.35. The van der Waals surface area contributed by atoms with Gasteiger partial charge in [0.1, 0.15) is 9.84 Å². The van der Waals surface area contributed by atoms with Crippen LogP contribution in [0.4, 0.5) is 0 Å². The molecule has 7 heteroatoms. The number of hydrogen-bond acceptors (Lipinski definition) is 4. The quantitative estimate of drug-likeness (QED) is 0.531. The van der Waals surface area contributed by atoms with Gasteiger partial charge in [0.25, 0.3) is 0 Å². The molecule has 1 heterocycles. The lowest BCUT2D eigenvalue weighted by atomic mass is 10.1. The molecule has 6 nitrogen and oxygen atoms in total. The standard InChI is InChI=1S/C19H32N4O2S/c1-16(11-14-26(3,24)25)22-19(20-2)21-15-18(23-12-7-8-13-23)17-9-5-4-6-10-17/h4-6,9-10,16,18H,7-8,11-15H2,1-3H3,(H2,20,21,22). The molecule has 0 aromatic heterocycles. The fraction of sp³-hybridized carbons (Fsp3) is 0.632. The summed E-state index contributed by atoms with van der Waals surface area (Å²) < 4.78 is 22.7. The molecule has 0 saturated carbocycles. The van der Waals surface area contributed by atoms with Crippen LogP contribution in [0.25, 0.3) is 0 Å². The third-order valence-electron chi connectivity index (χ3n) is 4.76. The van der Waals surface area contributed by atoms with Gasteiger partial charge >= 0.3 is 0 Å². The van der Waals surface area contributed by atoms with E-state index in [2.05, 4.69) is 44.8 Å². The number of guanidine groups is 1. The van der Waals surface area contributed by atoms with Crippen LogP contribution in [0.3, 0.4) is 0 Å². The number of rotatable bonds is 8. The highest BCUT2D eigenvalue weighted by Crippen LogP contribution is 2.24. The van der Waals surface area contributed by atoms with Crippen molar-refractivity contribution in [2.75, 3.05) is 38.7 Å². The fourth-order valence-corrected chi connectivity index (χ4v) is 4.05. The van der Waals surface area contributed by atoms with Crippen molar-refractivity contribution in [3.05, 3.63) is 35.9 Å². The number of nitrogens with zero attached hydrogens (tertiary/aromatic N) is 2. The zero-order valence-electron chi connectivity index (χ0n) is 16.1. The minimum absolute atomic E-state index is 0.0397. The predicted molar refractivity (Wildman–Crippen MR) is 108 cm³/mol. The van der Waals surface area contributed by atoms with Crippen molar-refractivity contribution in [3.63, 3.8) is 0 Å². The average molecular weight is 381 g/mol. The zero-order valence-corrected chi connectivity index (χ0v) is 16.9. The van der Waals surface area contributed by atoms with Gasteiger partial charge in [-0.1, -0.05) is 30.3 Å². The third kappa shape index (κ3) is 6.96. The lowest BCUT2D eigenvalue weighted by Gasteiger charge is -2.29. The first-order valence-electron chi connectivity index (χ1n) is 9.33. The molecule has 2 unspecified atom stereocenters. The second kappa shape index (κ2) is 9.92. The van der Waals surface area contributed by atoms with E-state index >= 15 is 0 Å². The molecular formula is C19H32N4O2S. The van der Waals surface area contributed by atoms with Crippen LogP contribution < -0.4 is 10.6 Å². The first kappa shape index (κ1) is 20.7. The first-order chi connectivity index (χ1) is 12.4. The highest BCUT2D eigenvalue weighted by atomic mass is 32.2. The van der Waals surface area contributed by atoms with Crippen LogP contribution in [-0.2, 0) is 9.84 Å². The van der Waals surface area contributed by atoms with Crippen LogP contribution in [0.5, 0.6) is 0 Å². The molecule has 1 aliphatic rings. The molecule has 0 radical (unpaired) electrons. The summed E-state index contributed by atoms with van der Waals surface area (Å²) in [5.41, 5.74) is 1.31. The lowest BCUT2D eigenvalue weighted by Crippen LogP contribution is -2.46. The van der Waals surface area contributed by atoms with Gasteiger partial charge in [-0.2, -0.15) is 0 Å². The molecule has 0 spiro atoms. The van der Waals surface area contributed by atoms with Gasteiger partial charge in [0.15, 0.2) is 5.96 Å². The molecule has 1 fully saturated rings. The number of aliphatic imine (C=N–C) groups is 1. The van der Waals surface area contributed by atoms with Crippen molar-refractivity contribution in [1.29, 1.82) is 0 Å². The van der Waals surface area contributed by atoms with Crippen molar-refractivity contribution in [1.82, 2.24) is 15.5 Å². The SMILES string of the molecule is CN=C(NCC(c1ccccc1)N1CCCC1)NC(C)CCS(C)(=O)=O. The molecule has 1 aromatic carbocycles. The van der Waals surface area contributed by atoms with E-state index in [1.165, 1.54) is 24.7 Å². The number of benzene rings is 1. The maximum atomic E-state index is 11.3. The van der Waals surface area contributed by atoms with E-state index in [-0.39, 0.29) is 11.8 Å². The van der Waals surface area contributed by atoms with Gasteiger partial charge in [-0.15, -0.1) is 0 Å². The molecule has 0 amide bonds. The smallest absolute Gasteiger partial charge is 0.191 e. The Labute approximate surface area is 158 Å². The normalized spacial score (nSPS) is 18.5. The van der Waals surface area contributed by atoms with Gasteiger partial charge in [0.05, 0.1) is 11.8 Å². The number of hydrogen-bond donors (Lipinski definition) is 2. The fourth-order valence-electron chi connectivity index (χ4n) is 3.27. The van der Waals surface area contributed by atoms with Crippen LogP contribution in [-0.4, -0.2) is 64.0 Å². The minimum atomic E-state index is -2.94. The Morgan fingerprint density at radius 3 is 2.46 bits per heavy atom. The van der Waals surface area contributed by atoms with E-state index in [0.717, 1.165) is 19.6 Å². The van der Waals surface area contributed by atoms with Crippen molar-refractivity contribution in [3.8, 4) is 0 Å². The van der Waals surface area contributed by atoms with Gasteiger partial charge in [0, 0.05) is 25.9 Å². The van der Waals surface area contributed by atoms with E-state index in [1.807, 2.05) is 13.0 Å². The zero-order chi connectivity index (χ0) is 19.0. The summed E-state index contributed by atoms with van der Waals surface area (Å²) in [5.74, 6) is 0.893. The van der Waals surface area contributed by atoms with Crippen molar-refractivity contribution >= 4 is 15.8 Å². The van der Waals surface area contributed by atoms with E-state index in [4.69, 9.17) is 0 Å². The van der Waals surface area contributed by atoms with Crippen LogP contribution in [0, 0.1) is 0 Å². The Kier molecular flexibility index (Phi) is 7.90. The maximum absolute atomic E-state index is 11.3. The van der Waals surface area contributed by atoms with Crippen LogP contribution in [0.2, 0.25) is 0 Å². The predicted octanol–water partition coefficient (Wildman–Crippen LogP) is 1.81. The van der Waals surface area contributed by atoms with Gasteiger partial charge in [-0.3, -0.25) is 9.89 Å². The summed E-state index contributed by atoms with van der Waals surface area (Å²) in [5, 5.41) is 6.71. The van der Waals surface area contributed by atoms with Gasteiger partial charge in [-0.05, 0) is 44.8 Å². The molecule has 26 heavy (non-hydrogen) atoms. The summed E-state index contributed by atoms with van der Waals surface area (Å²) >= 11 is 0. The Hall–Kier alpha value is -1.60. The van der Waals surface area contributed by atoms with Crippen LogP contribution >= 0.6 is 0 Å². The van der Waals surface area contributed by atoms with E-state index < -0.39 is 9.84 Å². The topological polar surface area (TPSA) is 73.8 Å². The molecule has 2 atom stereocenters. The molecule has 146 valence electrons. The third-order valence-corrected chi connectivity index (χ3v) is 5.73. The summed E-state index contributed by atoms with van der Waals surface area (Å²) in [4.78, 5) is 6.81. The van der Waals surface area contributed by atoms with Gasteiger partial charge in [-0.25, -0.2) is 8.42 Å². The molecular weight excluding hydrogens is 348 g/mol. The van der Waals surface area contributed by atoms with Crippen molar-refractivity contribution < 1.29 is 8.42 Å². The monoisotopic (exact) mass is 380 g/mol. The summed E-state index contributed by atoms with van der Waals surface area (Å²) in [6, 6.07) is 10.9. The Balaban J connectivity index is 1.93. The average Bonchev–Trinajstić information content (AvgIpc) is 3.14. The van der Waals surface area contributed by atoms with Crippen LogP contribution in [0.1, 0.15) is 37.8 Å². The highest BCUT2D eigenvalue weighted by molar-refractivity contribution is 7.90. The van der Waals surface area contributed by atoms with Crippen molar-refractivity contribution in [2.24, 2.45) is 4.99 Å². The molecule has 1 aliphatic heterocycles. The van der Waals surface area contributed by atoms with Gasteiger partial charge < -0.3 is 10.6 Å². The second-order valence-electron chi connectivity index (χ2n) is 7.09. The summed E-state index contributed by atoms with van der Waals surface area (Å²) in [7, 11) is -1.20. The molecule has 0 bridgehead atoms. The van der Waals surface area contributed by atoms with Crippen LogP contribution in [0.15, 0.2) is 35.3 Å². The first-order valence-corrected chi connectivity index (χ1v) is 11.4. The van der Waals surface area contributed by atoms with Gasteiger partial charge in [0.2, 0.25) is 0 Å². The highest BCUT2D eigenvalue weighted by Gasteiger charge is 2.23. The maximum Gasteiger partial charge on any atom is 0.191 e. The Morgan fingerprint density at radius 2 is 1.88 bits per heavy atom. The lowest BCUT2D eigenvalue weighted by molar-refractivity contribution is 0.245. The Morgan fingerprint density at radius 1 is 1.23 bits per heavy atom. The molecule has 0 aliphatic carbocycles. The molecule has 2 N–H and O–H groups in total. The molecule has 2 rings (SSSR count). The number of likely N-dealkylation sites (tertiary alicyclic amines) is 1. The number of nitrogens with one attached hydrogen (secondary N) is 2. The minimum Gasteiger partial charge on any atom is -0.354 e. The number of sulfone groups is 1. The molecule has 1 saturated heterocycles. The van der Waals surface area contributed by atoms with E-state index in [0.29, 0.717) is 18.4 Å². The summed E-state index contributed by atoms with van der Waals surface area (Å²) in [6.07, 6.45) is 4.33. The van der Waals surface area contributed by atoms with Crippen molar-refractivity contribution in [2.45, 2.75) is 38.3 Å². The van der Waals surface area contributed by atoms with E-state index in [9.17, 15) is 8.42 Å². The largest absolute Gasteiger partial charge is 0.354 e. The Bertz CT molecular complexity index is 670.